The van der Waals surface area contributed by atoms with E-state index in [0.29, 0.717) is 10.8 Å². The smallest absolute Gasteiger partial charge is 0.0127 e. The van der Waals surface area contributed by atoms with Gasteiger partial charge in [0.2, 0.25) is 0 Å². The molecule has 0 aromatic carbocycles. The van der Waals surface area contributed by atoms with Crippen molar-refractivity contribution in [3.63, 3.8) is 0 Å². The van der Waals surface area contributed by atoms with Crippen LogP contribution in [0.5, 0.6) is 0 Å². The number of hydrogen-bond acceptors (Lipinski definition) is 2. The van der Waals surface area contributed by atoms with Gasteiger partial charge in [0.15, 0.2) is 0 Å². The Labute approximate surface area is 161 Å². The van der Waals surface area contributed by atoms with Crippen LogP contribution in [0.25, 0.3) is 0 Å². The van der Waals surface area contributed by atoms with Gasteiger partial charge in [-0.25, -0.2) is 0 Å². The molecule has 1 saturated heterocycles. The fourth-order valence-corrected chi connectivity index (χ4v) is 8.88. The average molecular weight is 357 g/mol. The van der Waals surface area contributed by atoms with E-state index >= 15 is 0 Å². The second-order valence-corrected chi connectivity index (χ2v) is 11.2. The zero-order chi connectivity index (χ0) is 18.3. The zero-order valence-electron chi connectivity index (χ0n) is 17.8. The molecule has 5 rings (SSSR count). The van der Waals surface area contributed by atoms with Gasteiger partial charge in [0, 0.05) is 18.6 Å². The Hall–Kier alpha value is -0.340. The molecule has 0 radical (unpaired) electrons. The van der Waals surface area contributed by atoms with Crippen LogP contribution in [0.3, 0.4) is 0 Å². The molecule has 1 heterocycles. The zero-order valence-corrected chi connectivity index (χ0v) is 17.8. The summed E-state index contributed by atoms with van der Waals surface area (Å²) >= 11 is 0. The van der Waals surface area contributed by atoms with Gasteiger partial charge in [-0.2, -0.15) is 0 Å². The Morgan fingerprint density at radius 1 is 1.04 bits per heavy atom. The lowest BCUT2D eigenvalue weighted by Crippen LogP contribution is -2.52. The lowest BCUT2D eigenvalue weighted by molar-refractivity contribution is -0.0430. The van der Waals surface area contributed by atoms with Crippen LogP contribution in [0.4, 0.5) is 0 Å². The van der Waals surface area contributed by atoms with Crippen LogP contribution in [-0.4, -0.2) is 49.6 Å². The van der Waals surface area contributed by atoms with Gasteiger partial charge >= 0.3 is 0 Å². The van der Waals surface area contributed by atoms with Crippen LogP contribution in [-0.2, 0) is 0 Å². The van der Waals surface area contributed by atoms with E-state index in [9.17, 15) is 0 Å². The molecule has 3 saturated carbocycles. The molecule has 8 atom stereocenters. The van der Waals surface area contributed by atoms with Crippen molar-refractivity contribution >= 4 is 0 Å². The fraction of sp³-hybridized carbons (Fsp3) is 0.917. The summed E-state index contributed by atoms with van der Waals surface area (Å²) in [5.41, 5.74) is 3.04. The Bertz CT molecular complexity index is 609. The number of nitrogens with zero attached hydrogens (tertiary/aromatic N) is 2. The molecule has 0 bridgehead atoms. The molecule has 1 aliphatic heterocycles. The van der Waals surface area contributed by atoms with Gasteiger partial charge in [0.05, 0.1) is 0 Å². The lowest BCUT2D eigenvalue weighted by atomic mass is 9.47. The normalized spacial score (nSPS) is 53.7. The number of allylic oxidation sites excluding steroid dienone is 1. The third kappa shape index (κ3) is 2.18. The lowest BCUT2D eigenvalue weighted by Gasteiger charge is -2.58. The summed E-state index contributed by atoms with van der Waals surface area (Å²) in [7, 11) is 6.95. The molecule has 4 fully saturated rings. The van der Waals surface area contributed by atoms with Crippen molar-refractivity contribution in [2.75, 3.05) is 27.7 Å². The van der Waals surface area contributed by atoms with E-state index in [0.717, 1.165) is 35.8 Å². The summed E-state index contributed by atoms with van der Waals surface area (Å²) in [6.07, 6.45) is 14.4. The molecular formula is C24H40N2. The molecule has 1 spiro atoms. The minimum Gasteiger partial charge on any atom is -0.306 e. The summed E-state index contributed by atoms with van der Waals surface area (Å²) in [6.45, 7) is 6.56. The van der Waals surface area contributed by atoms with E-state index in [4.69, 9.17) is 0 Å². The molecule has 2 nitrogen and oxygen atoms in total. The summed E-state index contributed by atoms with van der Waals surface area (Å²) in [4.78, 5) is 5.17. The molecule has 26 heavy (non-hydrogen) atoms. The van der Waals surface area contributed by atoms with Gasteiger partial charge in [-0.3, -0.25) is 0 Å². The Morgan fingerprint density at radius 3 is 2.58 bits per heavy atom. The monoisotopic (exact) mass is 356 g/mol. The van der Waals surface area contributed by atoms with E-state index in [1.54, 1.807) is 0 Å². The van der Waals surface area contributed by atoms with Crippen LogP contribution in [0.15, 0.2) is 11.6 Å². The van der Waals surface area contributed by atoms with Crippen molar-refractivity contribution in [3.8, 4) is 0 Å². The molecule has 2 heteroatoms. The van der Waals surface area contributed by atoms with Gasteiger partial charge in [-0.05, 0) is 114 Å². The van der Waals surface area contributed by atoms with Crippen LogP contribution in [0.1, 0.15) is 65.2 Å². The van der Waals surface area contributed by atoms with Gasteiger partial charge in [-0.15, -0.1) is 0 Å². The van der Waals surface area contributed by atoms with Crippen molar-refractivity contribution < 1.29 is 0 Å². The average Bonchev–Trinajstić information content (AvgIpc) is 3.08. The second kappa shape index (κ2) is 5.83. The molecule has 0 amide bonds. The quantitative estimate of drug-likeness (QED) is 0.622. The third-order valence-electron chi connectivity index (χ3n) is 10.4. The first-order valence-corrected chi connectivity index (χ1v) is 11.4. The first kappa shape index (κ1) is 17.7. The van der Waals surface area contributed by atoms with Gasteiger partial charge in [0.25, 0.3) is 0 Å². The van der Waals surface area contributed by atoms with Crippen molar-refractivity contribution in [2.24, 2.45) is 34.5 Å². The maximum Gasteiger partial charge on any atom is 0.0127 e. The highest BCUT2D eigenvalue weighted by Gasteiger charge is 2.63. The predicted octanol–water partition coefficient (Wildman–Crippen LogP) is 4.81. The number of rotatable bonds is 1. The number of hydrogen-bond donors (Lipinski definition) is 0. The van der Waals surface area contributed by atoms with E-state index < -0.39 is 0 Å². The summed E-state index contributed by atoms with van der Waals surface area (Å²) in [5.74, 6) is 3.96. The maximum atomic E-state index is 2.74. The summed E-state index contributed by atoms with van der Waals surface area (Å²) in [6, 6.07) is 1.60. The van der Waals surface area contributed by atoms with Crippen LogP contribution in [0, 0.1) is 34.5 Å². The Morgan fingerprint density at radius 2 is 1.81 bits per heavy atom. The molecule has 5 aliphatic rings. The first-order chi connectivity index (χ1) is 12.4. The van der Waals surface area contributed by atoms with E-state index in [2.05, 4.69) is 50.9 Å². The van der Waals surface area contributed by atoms with Crippen molar-refractivity contribution in [2.45, 2.75) is 77.3 Å². The minimum absolute atomic E-state index is 0.519. The Balaban J connectivity index is 1.45. The molecule has 4 aliphatic carbocycles. The molecule has 0 aromatic heterocycles. The minimum atomic E-state index is 0.519. The highest BCUT2D eigenvalue weighted by molar-refractivity contribution is 5.26. The van der Waals surface area contributed by atoms with E-state index in [1.807, 2.05) is 5.57 Å². The fourth-order valence-electron chi connectivity index (χ4n) is 8.88. The van der Waals surface area contributed by atoms with Crippen LogP contribution < -0.4 is 0 Å². The van der Waals surface area contributed by atoms with Crippen LogP contribution in [0.2, 0.25) is 0 Å². The van der Waals surface area contributed by atoms with E-state index in [1.165, 1.54) is 57.9 Å². The van der Waals surface area contributed by atoms with E-state index in [-0.39, 0.29) is 0 Å². The predicted molar refractivity (Wildman–Crippen MR) is 109 cm³/mol. The molecule has 0 N–H and O–H groups in total. The van der Waals surface area contributed by atoms with Crippen molar-refractivity contribution in [1.82, 2.24) is 9.80 Å². The third-order valence-corrected chi connectivity index (χ3v) is 10.4. The first-order valence-electron chi connectivity index (χ1n) is 11.4. The van der Waals surface area contributed by atoms with Gasteiger partial charge in [-0.1, -0.05) is 18.6 Å². The number of fused-ring (bicyclic) bond motifs is 4. The van der Waals surface area contributed by atoms with Gasteiger partial charge in [0.1, 0.15) is 0 Å². The maximum absolute atomic E-state index is 2.74. The molecular weight excluding hydrogens is 316 g/mol. The van der Waals surface area contributed by atoms with Crippen molar-refractivity contribution in [1.29, 1.82) is 0 Å². The largest absolute Gasteiger partial charge is 0.306 e. The highest BCUT2D eigenvalue weighted by Crippen LogP contribution is 2.68. The Kier molecular flexibility index (Phi) is 3.98. The standard InChI is InChI=1S/C24H40N2/c1-16-20-8-9-22-19-7-6-17-14-18(25(3)4)10-12-23(17,2)21(19)11-13-24(20,22)15-26(16)5/h6,16,18-22H,7-15H2,1-5H3/t16-,18-,19-,20+,21+,22-,23-,24-/m0/s1. The van der Waals surface area contributed by atoms with Crippen molar-refractivity contribution in [3.05, 3.63) is 11.6 Å². The van der Waals surface area contributed by atoms with Crippen LogP contribution >= 0.6 is 0 Å². The van der Waals surface area contributed by atoms with Gasteiger partial charge < -0.3 is 9.80 Å². The summed E-state index contributed by atoms with van der Waals surface area (Å²) < 4.78 is 0. The topological polar surface area (TPSA) is 6.48 Å². The molecule has 146 valence electrons. The highest BCUT2D eigenvalue weighted by atomic mass is 15.2. The molecule has 0 unspecified atom stereocenters. The SMILES string of the molecule is C[C@H]1[C@H]2CC[C@H]3[C@H]4CC=C5C[C@@H](N(C)C)CC[C@]5(C)[C@@H]4CC[C@]23CN1C. The molecule has 0 aromatic rings. The number of likely N-dealkylation sites (tertiary alicyclic amines) is 1. The summed E-state index contributed by atoms with van der Waals surface area (Å²) in [5, 5.41) is 0. The second-order valence-electron chi connectivity index (χ2n) is 11.2.